The number of hydrogen-bond acceptors (Lipinski definition) is 3. The van der Waals surface area contributed by atoms with Crippen molar-refractivity contribution in [2.24, 2.45) is 4.99 Å². The molecule has 1 fully saturated rings. The maximum Gasteiger partial charge on any atom is 0.191 e. The highest BCUT2D eigenvalue weighted by Gasteiger charge is 2.18. The quantitative estimate of drug-likeness (QED) is 0.669. The molecule has 1 aromatic carbocycles. The molecule has 110 valence electrons. The molecule has 1 saturated carbocycles. The van der Waals surface area contributed by atoms with Crippen LogP contribution in [-0.2, 0) is 6.54 Å². The average Bonchev–Trinajstić information content (AvgIpc) is 2.95. The summed E-state index contributed by atoms with van der Waals surface area (Å²) >= 11 is 0. The first-order valence-corrected chi connectivity index (χ1v) is 7.32. The smallest absolute Gasteiger partial charge is 0.191 e. The average molecular weight is 284 g/mol. The Balaban J connectivity index is 1.64. The minimum absolute atomic E-state index is 0.558. The van der Waals surface area contributed by atoms with E-state index in [1.807, 2.05) is 30.3 Å². The van der Waals surface area contributed by atoms with Gasteiger partial charge in [0.2, 0.25) is 0 Å². The summed E-state index contributed by atoms with van der Waals surface area (Å²) in [5.41, 5.74) is 1.92. The first-order valence-electron chi connectivity index (χ1n) is 7.32. The summed E-state index contributed by atoms with van der Waals surface area (Å²) in [6.07, 6.45) is 5.23. The maximum absolute atomic E-state index is 5.52. The van der Waals surface area contributed by atoms with Gasteiger partial charge in [0.1, 0.15) is 5.69 Å². The predicted octanol–water partition coefficient (Wildman–Crippen LogP) is 2.56. The lowest BCUT2D eigenvalue weighted by Gasteiger charge is -2.28. The van der Waals surface area contributed by atoms with Gasteiger partial charge in [0, 0.05) is 18.7 Å². The van der Waals surface area contributed by atoms with E-state index in [-0.39, 0.29) is 0 Å². The number of rotatable bonds is 4. The molecule has 1 aromatic heterocycles. The molecule has 0 bridgehead atoms. The lowest BCUT2D eigenvalue weighted by atomic mass is 9.93. The Morgan fingerprint density at radius 1 is 1.33 bits per heavy atom. The number of aliphatic imine (C=N–C) groups is 1. The Hall–Kier alpha value is -2.30. The molecule has 1 aliphatic carbocycles. The molecule has 0 atom stereocenters. The van der Waals surface area contributed by atoms with Gasteiger partial charge in [-0.1, -0.05) is 30.3 Å². The summed E-state index contributed by atoms with van der Waals surface area (Å²) in [4.78, 5) is 8.55. The fourth-order valence-electron chi connectivity index (χ4n) is 2.33. The van der Waals surface area contributed by atoms with Crippen LogP contribution < -0.4 is 10.6 Å². The second-order valence-electron chi connectivity index (χ2n) is 5.19. The minimum Gasteiger partial charge on any atom is -0.443 e. The van der Waals surface area contributed by atoms with Gasteiger partial charge in [-0.3, -0.25) is 4.99 Å². The molecule has 0 radical (unpaired) electrons. The maximum atomic E-state index is 5.52. The van der Waals surface area contributed by atoms with Gasteiger partial charge in [-0.25, -0.2) is 4.98 Å². The van der Waals surface area contributed by atoms with Crippen LogP contribution in [0.4, 0.5) is 0 Å². The molecule has 2 N–H and O–H groups in total. The molecule has 5 nitrogen and oxygen atoms in total. The molecule has 0 unspecified atom stereocenters. The van der Waals surface area contributed by atoms with Crippen LogP contribution in [-0.4, -0.2) is 24.0 Å². The van der Waals surface area contributed by atoms with Gasteiger partial charge in [-0.05, 0) is 19.3 Å². The molecule has 21 heavy (non-hydrogen) atoms. The van der Waals surface area contributed by atoms with E-state index in [0.717, 1.165) is 23.0 Å². The van der Waals surface area contributed by atoms with Crippen LogP contribution in [0.25, 0.3) is 11.3 Å². The van der Waals surface area contributed by atoms with Gasteiger partial charge in [0.25, 0.3) is 0 Å². The SMILES string of the molecule is CN=C(NCc1ncoc1-c1ccccc1)NC1CCC1. The van der Waals surface area contributed by atoms with E-state index in [1.54, 1.807) is 7.05 Å². The Labute approximate surface area is 124 Å². The monoisotopic (exact) mass is 284 g/mol. The standard InChI is InChI=1S/C16H20N4O/c1-17-16(20-13-8-5-9-13)18-10-14-15(21-11-19-14)12-6-3-2-4-7-12/h2-4,6-7,11,13H,5,8-10H2,1H3,(H2,17,18,20). The second kappa shape index (κ2) is 6.43. The van der Waals surface area contributed by atoms with E-state index in [0.29, 0.717) is 12.6 Å². The number of oxazole rings is 1. The zero-order valence-corrected chi connectivity index (χ0v) is 12.2. The Bertz CT molecular complexity index is 602. The molecule has 0 saturated heterocycles. The van der Waals surface area contributed by atoms with Crippen molar-refractivity contribution < 1.29 is 4.42 Å². The Morgan fingerprint density at radius 2 is 2.14 bits per heavy atom. The third kappa shape index (κ3) is 3.24. The number of nitrogens with zero attached hydrogens (tertiary/aromatic N) is 2. The van der Waals surface area contributed by atoms with Crippen LogP contribution in [0.3, 0.4) is 0 Å². The fraction of sp³-hybridized carbons (Fsp3) is 0.375. The predicted molar refractivity (Wildman–Crippen MR) is 82.9 cm³/mol. The number of benzene rings is 1. The van der Waals surface area contributed by atoms with Crippen LogP contribution in [0.2, 0.25) is 0 Å². The van der Waals surface area contributed by atoms with Gasteiger partial charge < -0.3 is 15.1 Å². The summed E-state index contributed by atoms with van der Waals surface area (Å²) < 4.78 is 5.52. The van der Waals surface area contributed by atoms with Gasteiger partial charge in [-0.15, -0.1) is 0 Å². The van der Waals surface area contributed by atoms with Crippen LogP contribution in [0.5, 0.6) is 0 Å². The molecule has 5 heteroatoms. The van der Waals surface area contributed by atoms with E-state index >= 15 is 0 Å². The molecular weight excluding hydrogens is 264 g/mol. The van der Waals surface area contributed by atoms with Crippen molar-refractivity contribution in [3.63, 3.8) is 0 Å². The highest BCUT2D eigenvalue weighted by molar-refractivity contribution is 5.80. The van der Waals surface area contributed by atoms with Crippen LogP contribution >= 0.6 is 0 Å². The number of aromatic nitrogens is 1. The molecule has 2 aromatic rings. The summed E-state index contributed by atoms with van der Waals surface area (Å²) in [5, 5.41) is 6.70. The largest absolute Gasteiger partial charge is 0.443 e. The summed E-state index contributed by atoms with van der Waals surface area (Å²) in [6, 6.07) is 10.6. The third-order valence-electron chi connectivity index (χ3n) is 3.77. The normalized spacial score (nSPS) is 15.6. The number of nitrogens with one attached hydrogen (secondary N) is 2. The highest BCUT2D eigenvalue weighted by atomic mass is 16.3. The molecule has 1 heterocycles. The highest BCUT2D eigenvalue weighted by Crippen LogP contribution is 2.22. The van der Waals surface area contributed by atoms with E-state index in [2.05, 4.69) is 20.6 Å². The van der Waals surface area contributed by atoms with Crippen molar-refractivity contribution >= 4 is 5.96 Å². The van der Waals surface area contributed by atoms with Crippen LogP contribution in [0.1, 0.15) is 25.0 Å². The summed E-state index contributed by atoms with van der Waals surface area (Å²) in [5.74, 6) is 1.63. The van der Waals surface area contributed by atoms with Crippen molar-refractivity contribution in [1.29, 1.82) is 0 Å². The topological polar surface area (TPSA) is 62.5 Å². The van der Waals surface area contributed by atoms with Crippen molar-refractivity contribution in [3.8, 4) is 11.3 Å². The minimum atomic E-state index is 0.558. The second-order valence-corrected chi connectivity index (χ2v) is 5.19. The van der Waals surface area contributed by atoms with Gasteiger partial charge in [0.15, 0.2) is 18.1 Å². The molecule has 1 aliphatic rings. The van der Waals surface area contributed by atoms with Crippen molar-refractivity contribution in [2.45, 2.75) is 31.8 Å². The molecule has 0 aliphatic heterocycles. The Morgan fingerprint density at radius 3 is 2.81 bits per heavy atom. The van der Waals surface area contributed by atoms with Crippen molar-refractivity contribution in [2.75, 3.05) is 7.05 Å². The zero-order valence-electron chi connectivity index (χ0n) is 12.2. The van der Waals surface area contributed by atoms with Crippen molar-refractivity contribution in [3.05, 3.63) is 42.4 Å². The summed E-state index contributed by atoms with van der Waals surface area (Å²) in [7, 11) is 1.79. The van der Waals surface area contributed by atoms with E-state index in [9.17, 15) is 0 Å². The number of guanidine groups is 1. The molecule has 0 spiro atoms. The fourth-order valence-corrected chi connectivity index (χ4v) is 2.33. The first-order chi connectivity index (χ1) is 10.4. The van der Waals surface area contributed by atoms with Crippen molar-refractivity contribution in [1.82, 2.24) is 15.6 Å². The van der Waals surface area contributed by atoms with Crippen LogP contribution in [0.15, 0.2) is 46.1 Å². The number of hydrogen-bond donors (Lipinski definition) is 2. The molecular formula is C16H20N4O. The van der Waals surface area contributed by atoms with Gasteiger partial charge in [-0.2, -0.15) is 0 Å². The molecule has 3 rings (SSSR count). The first kappa shape index (κ1) is 13.7. The Kier molecular flexibility index (Phi) is 4.19. The van der Waals surface area contributed by atoms with E-state index in [1.165, 1.54) is 25.7 Å². The summed E-state index contributed by atoms with van der Waals surface area (Å²) in [6.45, 7) is 0.590. The van der Waals surface area contributed by atoms with E-state index < -0.39 is 0 Å². The van der Waals surface area contributed by atoms with Gasteiger partial charge in [0.05, 0.1) is 6.54 Å². The lowest BCUT2D eigenvalue weighted by molar-refractivity contribution is 0.379. The lowest BCUT2D eigenvalue weighted by Crippen LogP contribution is -2.46. The van der Waals surface area contributed by atoms with Gasteiger partial charge >= 0.3 is 0 Å². The van der Waals surface area contributed by atoms with E-state index in [4.69, 9.17) is 4.42 Å². The zero-order chi connectivity index (χ0) is 14.5. The van der Waals surface area contributed by atoms with Crippen LogP contribution in [0, 0.1) is 0 Å². The molecule has 0 amide bonds. The third-order valence-corrected chi connectivity index (χ3v) is 3.77.